The molecule has 3 nitrogen and oxygen atoms in total. The molecule has 1 N–H and O–H groups in total. The lowest BCUT2D eigenvalue weighted by Gasteiger charge is -2.38. The maximum Gasteiger partial charge on any atom is 0.270 e. The van der Waals surface area contributed by atoms with Gasteiger partial charge in [-0.25, -0.2) is 4.99 Å². The molecule has 1 amide bonds. The van der Waals surface area contributed by atoms with Crippen molar-refractivity contribution in [2.45, 2.75) is 12.0 Å². The van der Waals surface area contributed by atoms with Gasteiger partial charge >= 0.3 is 0 Å². The number of fused-ring (bicyclic) bond motifs is 1. The minimum absolute atomic E-state index is 0.0533. The number of hydrogen-bond acceptors (Lipinski definition) is 2. The van der Waals surface area contributed by atoms with Gasteiger partial charge in [0.1, 0.15) is 5.54 Å². The van der Waals surface area contributed by atoms with Gasteiger partial charge in [-0.15, -0.1) is 0 Å². The zero-order valence-electron chi connectivity index (χ0n) is 7.66. The molecule has 1 aromatic carbocycles. The molecule has 0 radical (unpaired) electrons. The van der Waals surface area contributed by atoms with E-state index in [0.29, 0.717) is 0 Å². The second-order valence-electron chi connectivity index (χ2n) is 3.77. The SMILES string of the molecule is O=C1N=c2ccccc2=CC12CCN2. The van der Waals surface area contributed by atoms with Crippen LogP contribution in [0.3, 0.4) is 0 Å². The Bertz CT molecular complexity index is 514. The first-order valence-electron chi connectivity index (χ1n) is 4.76. The van der Waals surface area contributed by atoms with Crippen molar-refractivity contribution < 1.29 is 4.79 Å². The largest absolute Gasteiger partial charge is 0.300 e. The molecule has 1 saturated heterocycles. The Morgan fingerprint density at radius 1 is 1.36 bits per heavy atom. The van der Waals surface area contributed by atoms with Crippen molar-refractivity contribution in [3.05, 3.63) is 34.8 Å². The maximum absolute atomic E-state index is 11.7. The Hall–Kier alpha value is -1.48. The van der Waals surface area contributed by atoms with Gasteiger partial charge in [0, 0.05) is 0 Å². The highest BCUT2D eigenvalue weighted by Crippen LogP contribution is 2.22. The highest BCUT2D eigenvalue weighted by molar-refractivity contribution is 5.96. The zero-order valence-corrected chi connectivity index (χ0v) is 7.66. The van der Waals surface area contributed by atoms with Gasteiger partial charge in [0.2, 0.25) is 0 Å². The number of para-hydroxylation sites is 1. The van der Waals surface area contributed by atoms with Crippen molar-refractivity contribution in [2.24, 2.45) is 4.99 Å². The smallest absolute Gasteiger partial charge is 0.270 e. The quantitative estimate of drug-likeness (QED) is 0.585. The summed E-state index contributed by atoms with van der Waals surface area (Å²) in [5.41, 5.74) is -0.478. The molecular weight excluding hydrogens is 176 g/mol. The molecule has 1 spiro atoms. The van der Waals surface area contributed by atoms with E-state index in [-0.39, 0.29) is 5.91 Å². The molecule has 0 bridgehead atoms. The molecule has 0 aromatic heterocycles. The lowest BCUT2D eigenvalue weighted by Crippen LogP contribution is -2.63. The van der Waals surface area contributed by atoms with Crippen LogP contribution in [0.5, 0.6) is 0 Å². The van der Waals surface area contributed by atoms with Crippen LogP contribution in [-0.4, -0.2) is 18.0 Å². The summed E-state index contributed by atoms with van der Waals surface area (Å²) in [6.45, 7) is 0.903. The van der Waals surface area contributed by atoms with Crippen LogP contribution in [0.2, 0.25) is 0 Å². The molecule has 3 rings (SSSR count). The standard InChI is InChI=1S/C11H10N2O/c14-10-11(5-6-12-11)7-8-3-1-2-4-9(8)13-10/h1-4,7,12H,5-6H2. The summed E-state index contributed by atoms with van der Waals surface area (Å²) in [7, 11) is 0. The van der Waals surface area contributed by atoms with Crippen molar-refractivity contribution in [3.8, 4) is 0 Å². The summed E-state index contributed by atoms with van der Waals surface area (Å²) >= 11 is 0. The van der Waals surface area contributed by atoms with Crippen LogP contribution in [0.25, 0.3) is 6.08 Å². The molecule has 70 valence electrons. The number of carbonyl (C=O) groups is 1. The first-order chi connectivity index (χ1) is 6.80. The molecule has 1 unspecified atom stereocenters. The lowest BCUT2D eigenvalue weighted by atomic mass is 9.84. The highest BCUT2D eigenvalue weighted by Gasteiger charge is 2.42. The monoisotopic (exact) mass is 186 g/mol. The molecule has 3 heteroatoms. The summed E-state index contributed by atoms with van der Waals surface area (Å²) in [5.74, 6) is -0.0533. The molecule has 0 aliphatic carbocycles. The predicted molar refractivity (Wildman–Crippen MR) is 52.0 cm³/mol. The maximum atomic E-state index is 11.7. The van der Waals surface area contributed by atoms with Gasteiger partial charge in [0.05, 0.1) is 5.36 Å². The Balaban J connectivity index is 2.29. The number of amides is 1. The van der Waals surface area contributed by atoms with E-state index in [1.165, 1.54) is 0 Å². The van der Waals surface area contributed by atoms with Crippen LogP contribution in [0.15, 0.2) is 29.3 Å². The van der Waals surface area contributed by atoms with Crippen LogP contribution in [0.4, 0.5) is 0 Å². The van der Waals surface area contributed by atoms with E-state index < -0.39 is 5.54 Å². The van der Waals surface area contributed by atoms with Gasteiger partial charge in [-0.2, -0.15) is 0 Å². The summed E-state index contributed by atoms with van der Waals surface area (Å²) < 4.78 is 0. The van der Waals surface area contributed by atoms with Gasteiger partial charge in [-0.3, -0.25) is 10.1 Å². The molecule has 1 aromatic rings. The van der Waals surface area contributed by atoms with Crippen molar-refractivity contribution in [2.75, 3.05) is 6.54 Å². The van der Waals surface area contributed by atoms with Crippen LogP contribution in [0.1, 0.15) is 6.42 Å². The second kappa shape index (κ2) is 2.51. The number of hydrogen-bond donors (Lipinski definition) is 1. The molecular formula is C11H10N2O. The number of rotatable bonds is 0. The third-order valence-corrected chi connectivity index (χ3v) is 2.90. The van der Waals surface area contributed by atoms with Crippen LogP contribution in [0, 0.1) is 0 Å². The summed E-state index contributed by atoms with van der Waals surface area (Å²) in [6.07, 6.45) is 2.87. The second-order valence-corrected chi connectivity index (χ2v) is 3.77. The van der Waals surface area contributed by atoms with Gasteiger partial charge < -0.3 is 0 Å². The molecule has 1 atom stereocenters. The molecule has 2 heterocycles. The summed E-state index contributed by atoms with van der Waals surface area (Å²) in [5, 5.41) is 5.00. The van der Waals surface area contributed by atoms with Gasteiger partial charge in [0.15, 0.2) is 0 Å². The zero-order chi connectivity index (χ0) is 9.60. The van der Waals surface area contributed by atoms with Crippen molar-refractivity contribution in [1.82, 2.24) is 5.32 Å². The van der Waals surface area contributed by atoms with Gasteiger partial charge in [-0.1, -0.05) is 18.2 Å². The molecule has 2 aliphatic rings. The van der Waals surface area contributed by atoms with Crippen molar-refractivity contribution in [3.63, 3.8) is 0 Å². The number of carbonyl (C=O) groups excluding carboxylic acids is 1. The first kappa shape index (κ1) is 7.88. The average molecular weight is 186 g/mol. The van der Waals surface area contributed by atoms with Crippen LogP contribution in [-0.2, 0) is 4.79 Å². The van der Waals surface area contributed by atoms with E-state index in [0.717, 1.165) is 23.5 Å². The Morgan fingerprint density at radius 2 is 2.14 bits per heavy atom. The fourth-order valence-electron chi connectivity index (χ4n) is 1.95. The van der Waals surface area contributed by atoms with Gasteiger partial charge in [0.25, 0.3) is 5.91 Å². The van der Waals surface area contributed by atoms with E-state index in [2.05, 4.69) is 10.3 Å². The third kappa shape index (κ3) is 0.902. The average Bonchev–Trinajstić information content (AvgIpc) is 2.14. The number of nitrogens with zero attached hydrogens (tertiary/aromatic N) is 1. The lowest BCUT2D eigenvalue weighted by molar-refractivity contribution is -0.124. The van der Waals surface area contributed by atoms with E-state index in [1.807, 2.05) is 30.3 Å². The van der Waals surface area contributed by atoms with Crippen molar-refractivity contribution in [1.29, 1.82) is 0 Å². The van der Waals surface area contributed by atoms with E-state index in [1.54, 1.807) is 0 Å². The minimum Gasteiger partial charge on any atom is -0.300 e. The first-order valence-corrected chi connectivity index (χ1v) is 4.76. The third-order valence-electron chi connectivity index (χ3n) is 2.90. The fraction of sp³-hybridized carbons (Fsp3) is 0.273. The highest BCUT2D eigenvalue weighted by atomic mass is 16.2. The fourth-order valence-corrected chi connectivity index (χ4v) is 1.95. The van der Waals surface area contributed by atoms with Crippen LogP contribution < -0.4 is 15.9 Å². The van der Waals surface area contributed by atoms with E-state index in [9.17, 15) is 4.79 Å². The predicted octanol–water partition coefficient (Wildman–Crippen LogP) is -0.641. The van der Waals surface area contributed by atoms with E-state index in [4.69, 9.17) is 0 Å². The molecule has 1 fully saturated rings. The summed E-state index contributed by atoms with van der Waals surface area (Å²) in [4.78, 5) is 15.8. The molecule has 14 heavy (non-hydrogen) atoms. The Kier molecular flexibility index (Phi) is 1.42. The number of nitrogens with one attached hydrogen (secondary N) is 1. The van der Waals surface area contributed by atoms with Crippen molar-refractivity contribution >= 4 is 12.0 Å². The molecule has 2 aliphatic heterocycles. The normalized spacial score (nSPS) is 28.7. The minimum atomic E-state index is -0.478. The Morgan fingerprint density at radius 3 is 2.86 bits per heavy atom. The molecule has 0 saturated carbocycles. The van der Waals surface area contributed by atoms with Crippen LogP contribution >= 0.6 is 0 Å². The Labute approximate surface area is 81.2 Å². The number of benzene rings is 1. The van der Waals surface area contributed by atoms with Gasteiger partial charge in [-0.05, 0) is 30.3 Å². The topological polar surface area (TPSA) is 41.5 Å². The van der Waals surface area contributed by atoms with E-state index >= 15 is 0 Å². The summed E-state index contributed by atoms with van der Waals surface area (Å²) in [6, 6.07) is 7.73.